The Kier molecular flexibility index (Phi) is 9.97. The van der Waals surface area contributed by atoms with Gasteiger partial charge in [0.1, 0.15) is 0 Å². The van der Waals surface area contributed by atoms with Crippen LogP contribution in [-0.4, -0.2) is 0 Å². The lowest BCUT2D eigenvalue weighted by atomic mass is 9.86. The standard InChI is InChI=1S/C66H44/c1-3-15-51(16-4-1)63-55-19-7-11-23-59(55)65(60-24-12-8-20-56(60)63)53-41-37-49(38-42-53)47-33-29-45(30-34-47)27-28-46-31-35-48(36-32-46)50-39-43-54(44-40-50)66-61-25-13-9-21-57(61)64(52-17-5-2-6-18-52)58-22-10-14-26-62(58)66/h1-44H/b28-27+. The van der Waals surface area contributed by atoms with Gasteiger partial charge in [0.05, 0.1) is 0 Å². The normalized spacial score (nSPS) is 11.6. The van der Waals surface area contributed by atoms with E-state index in [0.717, 1.165) is 0 Å². The Morgan fingerprint density at radius 1 is 0.152 bits per heavy atom. The average Bonchev–Trinajstić information content (AvgIpc) is 3.40. The van der Waals surface area contributed by atoms with Gasteiger partial charge in [0.25, 0.3) is 0 Å². The van der Waals surface area contributed by atoms with Gasteiger partial charge in [0, 0.05) is 0 Å². The first-order valence-corrected chi connectivity index (χ1v) is 22.8. The summed E-state index contributed by atoms with van der Waals surface area (Å²) in [5.74, 6) is 0. The lowest BCUT2D eigenvalue weighted by Crippen LogP contribution is -1.90. The lowest BCUT2D eigenvalue weighted by Gasteiger charge is -2.18. The van der Waals surface area contributed by atoms with Gasteiger partial charge in [-0.2, -0.15) is 0 Å². The minimum Gasteiger partial charge on any atom is -0.0622 e. The van der Waals surface area contributed by atoms with Crippen molar-refractivity contribution in [2.24, 2.45) is 0 Å². The zero-order valence-corrected chi connectivity index (χ0v) is 36.4. The molecular weight excluding hydrogens is 793 g/mol. The third-order valence-corrected chi connectivity index (χ3v) is 13.3. The van der Waals surface area contributed by atoms with E-state index in [4.69, 9.17) is 0 Å². The Morgan fingerprint density at radius 3 is 0.576 bits per heavy atom. The van der Waals surface area contributed by atoms with Gasteiger partial charge in [0.15, 0.2) is 0 Å². The van der Waals surface area contributed by atoms with Gasteiger partial charge in [-0.15, -0.1) is 0 Å². The molecule has 0 radical (unpaired) electrons. The molecule has 12 aromatic rings. The summed E-state index contributed by atoms with van der Waals surface area (Å²) >= 11 is 0. The van der Waals surface area contributed by atoms with Crippen LogP contribution < -0.4 is 0 Å². The first-order valence-electron chi connectivity index (χ1n) is 22.8. The average molecular weight is 837 g/mol. The molecule has 0 heteroatoms. The summed E-state index contributed by atoms with van der Waals surface area (Å²) < 4.78 is 0. The van der Waals surface area contributed by atoms with Crippen LogP contribution in [0.25, 0.3) is 122 Å². The molecule has 0 bridgehead atoms. The topological polar surface area (TPSA) is 0 Å². The van der Waals surface area contributed by atoms with E-state index in [1.165, 1.54) is 121 Å². The first-order chi connectivity index (χ1) is 32.7. The van der Waals surface area contributed by atoms with E-state index in [1.54, 1.807) is 0 Å². The van der Waals surface area contributed by atoms with Crippen LogP contribution in [0.15, 0.2) is 255 Å². The predicted octanol–water partition coefficient (Wildman–Crippen LogP) is 18.5. The fourth-order valence-corrected chi connectivity index (χ4v) is 10.1. The highest BCUT2D eigenvalue weighted by Gasteiger charge is 2.18. The third-order valence-electron chi connectivity index (χ3n) is 13.3. The van der Waals surface area contributed by atoms with Crippen LogP contribution in [0.3, 0.4) is 0 Å². The second-order valence-electron chi connectivity index (χ2n) is 17.1. The molecule has 0 saturated heterocycles. The molecular formula is C66H44. The Balaban J connectivity index is 0.773. The van der Waals surface area contributed by atoms with Crippen molar-refractivity contribution in [3.05, 3.63) is 266 Å². The largest absolute Gasteiger partial charge is 0.0622 e. The van der Waals surface area contributed by atoms with Crippen LogP contribution in [-0.2, 0) is 0 Å². The first kappa shape index (κ1) is 39.0. The van der Waals surface area contributed by atoms with Crippen LogP contribution in [0, 0.1) is 0 Å². The number of rotatable bonds is 8. The van der Waals surface area contributed by atoms with E-state index in [1.807, 2.05) is 0 Å². The Bertz CT molecular complexity index is 3360. The van der Waals surface area contributed by atoms with Crippen molar-refractivity contribution in [2.75, 3.05) is 0 Å². The molecule has 66 heavy (non-hydrogen) atoms. The smallest absolute Gasteiger partial charge is 0.00264 e. The van der Waals surface area contributed by atoms with Crippen molar-refractivity contribution < 1.29 is 0 Å². The van der Waals surface area contributed by atoms with E-state index < -0.39 is 0 Å². The predicted molar refractivity (Wildman–Crippen MR) is 284 cm³/mol. The molecule has 0 fully saturated rings. The van der Waals surface area contributed by atoms with Gasteiger partial charge in [-0.25, -0.2) is 0 Å². The summed E-state index contributed by atoms with van der Waals surface area (Å²) in [6.07, 6.45) is 4.40. The molecule has 12 rings (SSSR count). The van der Waals surface area contributed by atoms with Gasteiger partial charge >= 0.3 is 0 Å². The molecule has 0 atom stereocenters. The van der Waals surface area contributed by atoms with Crippen LogP contribution >= 0.6 is 0 Å². The summed E-state index contributed by atoms with van der Waals surface area (Å²) in [6, 6.07) is 92.9. The fourth-order valence-electron chi connectivity index (χ4n) is 10.1. The zero-order valence-electron chi connectivity index (χ0n) is 36.4. The maximum absolute atomic E-state index is 2.28. The third kappa shape index (κ3) is 7.06. The molecule has 0 N–H and O–H groups in total. The number of hydrogen-bond acceptors (Lipinski definition) is 0. The fraction of sp³-hybridized carbons (Fsp3) is 0. The highest BCUT2D eigenvalue weighted by Crippen LogP contribution is 2.45. The zero-order chi connectivity index (χ0) is 43.8. The van der Waals surface area contributed by atoms with Gasteiger partial charge in [-0.05, 0) is 121 Å². The van der Waals surface area contributed by atoms with E-state index in [0.29, 0.717) is 0 Å². The van der Waals surface area contributed by atoms with E-state index in [2.05, 4.69) is 267 Å². The molecule has 0 aliphatic carbocycles. The van der Waals surface area contributed by atoms with Gasteiger partial charge < -0.3 is 0 Å². The minimum absolute atomic E-state index is 1.17. The van der Waals surface area contributed by atoms with Crippen molar-refractivity contribution in [1.82, 2.24) is 0 Å². The van der Waals surface area contributed by atoms with Crippen LogP contribution in [0.1, 0.15) is 11.1 Å². The van der Waals surface area contributed by atoms with Crippen LogP contribution in [0.4, 0.5) is 0 Å². The Hall–Kier alpha value is -8.58. The highest BCUT2D eigenvalue weighted by atomic mass is 14.2. The van der Waals surface area contributed by atoms with Crippen LogP contribution in [0.5, 0.6) is 0 Å². The molecule has 12 aromatic carbocycles. The van der Waals surface area contributed by atoms with Crippen molar-refractivity contribution >= 4 is 55.2 Å². The molecule has 0 nitrogen and oxygen atoms in total. The van der Waals surface area contributed by atoms with Gasteiger partial charge in [-0.3, -0.25) is 0 Å². The molecule has 0 heterocycles. The van der Waals surface area contributed by atoms with Crippen molar-refractivity contribution in [1.29, 1.82) is 0 Å². The summed E-state index contributed by atoms with van der Waals surface area (Å²) in [7, 11) is 0. The molecule has 0 amide bonds. The van der Waals surface area contributed by atoms with Crippen LogP contribution in [0.2, 0.25) is 0 Å². The molecule has 308 valence electrons. The molecule has 0 unspecified atom stereocenters. The summed E-state index contributed by atoms with van der Waals surface area (Å²) in [6.45, 7) is 0. The van der Waals surface area contributed by atoms with Crippen molar-refractivity contribution in [3.8, 4) is 66.8 Å². The molecule has 0 spiro atoms. The molecule has 0 aromatic heterocycles. The summed E-state index contributed by atoms with van der Waals surface area (Å²) in [5, 5.41) is 10.2. The minimum atomic E-state index is 1.17. The van der Waals surface area contributed by atoms with E-state index in [-0.39, 0.29) is 0 Å². The maximum atomic E-state index is 2.28. The lowest BCUT2D eigenvalue weighted by molar-refractivity contribution is 1.59. The van der Waals surface area contributed by atoms with Crippen molar-refractivity contribution in [2.45, 2.75) is 0 Å². The highest BCUT2D eigenvalue weighted by molar-refractivity contribution is 6.22. The van der Waals surface area contributed by atoms with Crippen molar-refractivity contribution in [3.63, 3.8) is 0 Å². The maximum Gasteiger partial charge on any atom is -0.00264 e. The Morgan fingerprint density at radius 2 is 0.333 bits per heavy atom. The monoisotopic (exact) mass is 836 g/mol. The summed E-state index contributed by atoms with van der Waals surface area (Å²) in [5.41, 5.74) is 17.2. The SMILES string of the molecule is C(=C\c1ccc(-c2ccc(-c3c4ccccc4c(-c4ccccc4)c4ccccc34)cc2)cc1)/c1ccc(-c2ccc(-c3c4ccccc4c(-c4ccccc4)c4ccccc34)cc2)cc1. The number of fused-ring (bicyclic) bond motifs is 4. The molecule has 0 aliphatic heterocycles. The summed E-state index contributed by atoms with van der Waals surface area (Å²) in [4.78, 5) is 0. The quantitative estimate of drug-likeness (QED) is 0.106. The second-order valence-corrected chi connectivity index (χ2v) is 17.1. The van der Waals surface area contributed by atoms with Gasteiger partial charge in [0.2, 0.25) is 0 Å². The second kappa shape index (κ2) is 16.8. The van der Waals surface area contributed by atoms with Gasteiger partial charge in [-0.1, -0.05) is 267 Å². The molecule has 0 saturated carbocycles. The van der Waals surface area contributed by atoms with E-state index in [9.17, 15) is 0 Å². The molecule has 0 aliphatic rings. The van der Waals surface area contributed by atoms with E-state index >= 15 is 0 Å². The Labute approximate surface area is 386 Å². The number of hydrogen-bond donors (Lipinski definition) is 0. The number of benzene rings is 12.